The van der Waals surface area contributed by atoms with Crippen LogP contribution in [0.25, 0.3) is 0 Å². The number of nitrogens with one attached hydrogen (secondary N) is 4. The molecule has 5 N–H and O–H groups in total. The first kappa shape index (κ1) is 23.7. The lowest BCUT2D eigenvalue weighted by Gasteiger charge is -2.37. The minimum atomic E-state index is -0.616. The predicted octanol–water partition coefficient (Wildman–Crippen LogP) is 0.180. The highest BCUT2D eigenvalue weighted by molar-refractivity contribution is 5.78. The number of hydrogen-bond donors (Lipinski definition) is 5. The topological polar surface area (TPSA) is 106 Å². The lowest BCUT2D eigenvalue weighted by Crippen LogP contribution is -2.55. The molecule has 3 atom stereocenters. The Balaban J connectivity index is 1.32. The maximum atomic E-state index is 12.6. The number of aliphatic hydroxyl groups excluding tert-OH is 1. The van der Waals surface area contributed by atoms with Crippen molar-refractivity contribution >= 4 is 11.8 Å². The summed E-state index contributed by atoms with van der Waals surface area (Å²) in [5.41, 5.74) is 1.17. The van der Waals surface area contributed by atoms with E-state index in [-0.39, 0.29) is 30.4 Å². The molecular weight excluding hydrogens is 394 g/mol. The van der Waals surface area contributed by atoms with Crippen molar-refractivity contribution in [3.63, 3.8) is 0 Å². The zero-order valence-electron chi connectivity index (χ0n) is 18.5. The van der Waals surface area contributed by atoms with E-state index in [1.54, 1.807) is 6.92 Å². The van der Waals surface area contributed by atoms with Crippen LogP contribution >= 0.6 is 0 Å². The van der Waals surface area contributed by atoms with Crippen LogP contribution in [0.15, 0.2) is 30.3 Å². The van der Waals surface area contributed by atoms with E-state index in [4.69, 9.17) is 0 Å². The molecule has 2 unspecified atom stereocenters. The van der Waals surface area contributed by atoms with Crippen LogP contribution in [-0.2, 0) is 16.1 Å². The molecule has 2 aliphatic rings. The molecule has 1 aromatic rings. The van der Waals surface area contributed by atoms with Gasteiger partial charge in [0.15, 0.2) is 0 Å². The van der Waals surface area contributed by atoms with Crippen LogP contribution in [0, 0.1) is 5.92 Å². The average Bonchev–Trinajstić information content (AvgIpc) is 2.79. The van der Waals surface area contributed by atoms with Crippen LogP contribution in [0.5, 0.6) is 0 Å². The number of nitrogens with zero attached hydrogens (tertiary/aromatic N) is 1. The molecule has 1 aromatic carbocycles. The highest BCUT2D eigenvalue weighted by atomic mass is 16.3. The largest absolute Gasteiger partial charge is 0.390 e. The van der Waals surface area contributed by atoms with Gasteiger partial charge in [-0.25, -0.2) is 0 Å². The molecule has 3 rings (SSSR count). The van der Waals surface area contributed by atoms with E-state index < -0.39 is 6.10 Å². The minimum absolute atomic E-state index is 0.0156. The molecule has 0 spiro atoms. The molecule has 172 valence electrons. The Labute approximate surface area is 185 Å². The first-order valence-corrected chi connectivity index (χ1v) is 11.5. The summed E-state index contributed by atoms with van der Waals surface area (Å²) in [6.07, 6.45) is 2.91. The van der Waals surface area contributed by atoms with Gasteiger partial charge in [0.05, 0.1) is 12.3 Å². The van der Waals surface area contributed by atoms with E-state index in [0.717, 1.165) is 45.3 Å². The van der Waals surface area contributed by atoms with Crippen molar-refractivity contribution in [2.75, 3.05) is 32.7 Å². The average molecular weight is 432 g/mol. The van der Waals surface area contributed by atoms with E-state index in [2.05, 4.69) is 21.3 Å². The normalized spacial score (nSPS) is 23.4. The molecule has 0 bridgehead atoms. The van der Waals surface area contributed by atoms with Crippen molar-refractivity contribution in [1.82, 2.24) is 26.2 Å². The van der Waals surface area contributed by atoms with Gasteiger partial charge in [0, 0.05) is 51.6 Å². The van der Waals surface area contributed by atoms with E-state index in [1.165, 1.54) is 5.56 Å². The SMILES string of the molecule is CC(=O)N1CCC(NC2CC(C(=O)NC[C@H](O)CNCc3ccccc3)CCN2)CC1. The quantitative estimate of drug-likeness (QED) is 0.382. The fourth-order valence-electron chi connectivity index (χ4n) is 4.34. The standard InChI is InChI=1S/C23H37N5O3/c1-17(29)28-11-8-20(9-12-28)27-22-13-19(7-10-25-22)23(31)26-16-21(30)15-24-14-18-5-3-2-4-6-18/h2-6,19-22,24-25,27,30H,7-16H2,1H3,(H,26,31)/t19?,21-,22?/m1/s1. The van der Waals surface area contributed by atoms with Crippen molar-refractivity contribution < 1.29 is 14.7 Å². The number of hydrogen-bond acceptors (Lipinski definition) is 6. The lowest BCUT2D eigenvalue weighted by molar-refractivity contribution is -0.130. The molecule has 0 aliphatic carbocycles. The number of carbonyl (C=O) groups is 2. The zero-order chi connectivity index (χ0) is 22.1. The maximum Gasteiger partial charge on any atom is 0.223 e. The Kier molecular flexibility index (Phi) is 9.27. The van der Waals surface area contributed by atoms with Crippen molar-refractivity contribution in [3.05, 3.63) is 35.9 Å². The summed E-state index contributed by atoms with van der Waals surface area (Å²) >= 11 is 0. The van der Waals surface area contributed by atoms with Crippen LogP contribution < -0.4 is 21.3 Å². The monoisotopic (exact) mass is 431 g/mol. The summed E-state index contributed by atoms with van der Waals surface area (Å²) in [6, 6.07) is 10.4. The second-order valence-corrected chi connectivity index (χ2v) is 8.69. The molecule has 0 radical (unpaired) electrons. The number of likely N-dealkylation sites (tertiary alicyclic amines) is 1. The third kappa shape index (κ3) is 7.88. The summed E-state index contributed by atoms with van der Waals surface area (Å²) in [6.45, 7) is 5.38. The molecule has 2 heterocycles. The molecule has 31 heavy (non-hydrogen) atoms. The van der Waals surface area contributed by atoms with Crippen LogP contribution in [0.4, 0.5) is 0 Å². The molecule has 2 amide bonds. The van der Waals surface area contributed by atoms with Crippen molar-refractivity contribution in [1.29, 1.82) is 0 Å². The van der Waals surface area contributed by atoms with Gasteiger partial charge in [-0.2, -0.15) is 0 Å². The van der Waals surface area contributed by atoms with Crippen LogP contribution in [0.3, 0.4) is 0 Å². The Morgan fingerprint density at radius 1 is 1.16 bits per heavy atom. The summed E-state index contributed by atoms with van der Waals surface area (Å²) < 4.78 is 0. The molecular formula is C23H37N5O3. The summed E-state index contributed by atoms with van der Waals surface area (Å²) in [5.74, 6) is 0.103. The van der Waals surface area contributed by atoms with Crippen molar-refractivity contribution in [2.45, 2.75) is 57.5 Å². The molecule has 2 saturated heterocycles. The maximum absolute atomic E-state index is 12.6. The predicted molar refractivity (Wildman–Crippen MR) is 120 cm³/mol. The third-order valence-corrected chi connectivity index (χ3v) is 6.22. The van der Waals surface area contributed by atoms with Crippen LogP contribution in [0.1, 0.15) is 38.2 Å². The summed E-state index contributed by atoms with van der Waals surface area (Å²) in [4.78, 5) is 26.0. The first-order chi connectivity index (χ1) is 15.0. The first-order valence-electron chi connectivity index (χ1n) is 11.5. The van der Waals surface area contributed by atoms with Gasteiger partial charge in [0.1, 0.15) is 0 Å². The zero-order valence-corrected chi connectivity index (χ0v) is 18.5. The van der Waals surface area contributed by atoms with E-state index in [1.807, 2.05) is 35.2 Å². The summed E-state index contributed by atoms with van der Waals surface area (Å²) in [5, 5.41) is 23.4. The number of carbonyl (C=O) groups excluding carboxylic acids is 2. The van der Waals surface area contributed by atoms with Gasteiger partial charge in [-0.3, -0.25) is 14.9 Å². The highest BCUT2D eigenvalue weighted by Gasteiger charge is 2.29. The molecule has 2 aliphatic heterocycles. The van der Waals surface area contributed by atoms with Crippen molar-refractivity contribution in [3.8, 4) is 0 Å². The van der Waals surface area contributed by atoms with Gasteiger partial charge >= 0.3 is 0 Å². The number of rotatable bonds is 9. The van der Waals surface area contributed by atoms with Crippen molar-refractivity contribution in [2.24, 2.45) is 5.92 Å². The van der Waals surface area contributed by atoms with E-state index in [9.17, 15) is 14.7 Å². The van der Waals surface area contributed by atoms with Gasteiger partial charge < -0.3 is 26.0 Å². The Morgan fingerprint density at radius 2 is 1.90 bits per heavy atom. The number of piperidine rings is 2. The number of benzene rings is 1. The summed E-state index contributed by atoms with van der Waals surface area (Å²) in [7, 11) is 0. The van der Waals surface area contributed by atoms with Gasteiger partial charge in [0.2, 0.25) is 11.8 Å². The van der Waals surface area contributed by atoms with Crippen LogP contribution in [-0.4, -0.2) is 72.9 Å². The third-order valence-electron chi connectivity index (χ3n) is 6.22. The van der Waals surface area contributed by atoms with E-state index in [0.29, 0.717) is 19.1 Å². The Hall–Kier alpha value is -2.00. The smallest absolute Gasteiger partial charge is 0.223 e. The Bertz CT molecular complexity index is 694. The molecule has 0 aromatic heterocycles. The molecule has 0 saturated carbocycles. The highest BCUT2D eigenvalue weighted by Crippen LogP contribution is 2.18. The van der Waals surface area contributed by atoms with Crippen LogP contribution in [0.2, 0.25) is 0 Å². The second-order valence-electron chi connectivity index (χ2n) is 8.69. The van der Waals surface area contributed by atoms with E-state index >= 15 is 0 Å². The molecule has 8 heteroatoms. The van der Waals surface area contributed by atoms with Gasteiger partial charge in [-0.1, -0.05) is 30.3 Å². The lowest BCUT2D eigenvalue weighted by atomic mass is 9.93. The molecule has 2 fully saturated rings. The van der Waals surface area contributed by atoms with Gasteiger partial charge in [-0.05, 0) is 37.8 Å². The number of amides is 2. The second kappa shape index (κ2) is 12.1. The minimum Gasteiger partial charge on any atom is -0.390 e. The van der Waals surface area contributed by atoms with Gasteiger partial charge in [-0.15, -0.1) is 0 Å². The molecule has 8 nitrogen and oxygen atoms in total. The number of aliphatic hydroxyl groups is 1. The Morgan fingerprint density at radius 3 is 2.61 bits per heavy atom. The van der Waals surface area contributed by atoms with Gasteiger partial charge in [0.25, 0.3) is 0 Å². The fourth-order valence-corrected chi connectivity index (χ4v) is 4.34. The fraction of sp³-hybridized carbons (Fsp3) is 0.652.